The van der Waals surface area contributed by atoms with Gasteiger partial charge in [-0.1, -0.05) is 54.7 Å². The molecule has 6 N–H and O–H groups in total. The molecule has 25 heavy (non-hydrogen) atoms. The van der Waals surface area contributed by atoms with Crippen molar-refractivity contribution in [3.8, 4) is 0 Å². The normalized spacial score (nSPS) is 10.7. The van der Waals surface area contributed by atoms with Gasteiger partial charge in [-0.15, -0.1) is 0 Å². The summed E-state index contributed by atoms with van der Waals surface area (Å²) in [6.45, 7) is 5.48. The molecule has 0 rings (SSSR count). The van der Waals surface area contributed by atoms with Gasteiger partial charge < -0.3 is 21.5 Å². The van der Waals surface area contributed by atoms with E-state index in [0.717, 1.165) is 18.2 Å². The topological polar surface area (TPSA) is 147 Å². The second-order valence-corrected chi connectivity index (χ2v) is 3.67. The minimum Gasteiger partial charge on any atom is -0.478 e. The lowest BCUT2D eigenvalue weighted by Gasteiger charge is -1.72. The van der Waals surface area contributed by atoms with Crippen LogP contribution in [0.2, 0.25) is 0 Å². The SMILES string of the molecule is CC=CC=CC(=O)O.CC=CC=CC(=O)O.CC=CC=CC(=O)O.N. The zero-order valence-corrected chi connectivity index (χ0v) is 14.7. The van der Waals surface area contributed by atoms with Gasteiger partial charge in [0.05, 0.1) is 0 Å². The number of hydrogen-bond donors (Lipinski definition) is 4. The molecule has 0 unspecified atom stereocenters. The molecule has 0 spiro atoms. The Morgan fingerprint density at radius 2 is 0.720 bits per heavy atom. The van der Waals surface area contributed by atoms with Crippen LogP contribution in [0, 0.1) is 0 Å². The highest BCUT2D eigenvalue weighted by molar-refractivity contribution is 5.80. The van der Waals surface area contributed by atoms with Gasteiger partial charge >= 0.3 is 17.9 Å². The number of aliphatic carboxylic acids is 3. The molecule has 7 heteroatoms. The van der Waals surface area contributed by atoms with Crippen LogP contribution < -0.4 is 6.15 Å². The van der Waals surface area contributed by atoms with Crippen LogP contribution >= 0.6 is 0 Å². The predicted octanol–water partition coefficient (Wildman–Crippen LogP) is 3.77. The molecule has 0 aromatic rings. The third-order valence-corrected chi connectivity index (χ3v) is 1.63. The highest BCUT2D eigenvalue weighted by Gasteiger charge is 1.79. The first kappa shape index (κ1) is 29.8. The Balaban J connectivity index is -0.000000130. The van der Waals surface area contributed by atoms with E-state index in [9.17, 15) is 14.4 Å². The van der Waals surface area contributed by atoms with E-state index in [1.807, 2.05) is 20.8 Å². The third kappa shape index (κ3) is 52.8. The van der Waals surface area contributed by atoms with E-state index >= 15 is 0 Å². The lowest BCUT2D eigenvalue weighted by atomic mass is 10.4. The fourth-order valence-corrected chi connectivity index (χ4v) is 0.747. The molecule has 140 valence electrons. The molecule has 0 fully saturated rings. The van der Waals surface area contributed by atoms with E-state index in [1.54, 1.807) is 36.5 Å². The minimum atomic E-state index is -0.914. The monoisotopic (exact) mass is 353 g/mol. The summed E-state index contributed by atoms with van der Waals surface area (Å²) in [4.78, 5) is 29.3. The number of rotatable bonds is 6. The van der Waals surface area contributed by atoms with Gasteiger partial charge in [0.1, 0.15) is 0 Å². The summed E-state index contributed by atoms with van der Waals surface area (Å²) in [5.41, 5.74) is 0. The molecule has 0 aromatic carbocycles. The van der Waals surface area contributed by atoms with Crippen LogP contribution in [0.3, 0.4) is 0 Å². The lowest BCUT2D eigenvalue weighted by molar-refractivity contribution is -0.132. The van der Waals surface area contributed by atoms with Crippen molar-refractivity contribution in [2.75, 3.05) is 0 Å². The van der Waals surface area contributed by atoms with Gasteiger partial charge in [-0.2, -0.15) is 0 Å². The first-order valence-electron chi connectivity index (χ1n) is 6.88. The highest BCUT2D eigenvalue weighted by Crippen LogP contribution is 1.75. The molecule has 7 nitrogen and oxygen atoms in total. The molecule has 0 aliphatic carbocycles. The Morgan fingerprint density at radius 3 is 0.840 bits per heavy atom. The van der Waals surface area contributed by atoms with Gasteiger partial charge in [-0.25, -0.2) is 14.4 Å². The van der Waals surface area contributed by atoms with Crippen molar-refractivity contribution in [3.63, 3.8) is 0 Å². The minimum absolute atomic E-state index is 0. The Kier molecular flexibility index (Phi) is 30.7. The van der Waals surface area contributed by atoms with E-state index in [2.05, 4.69) is 0 Å². The standard InChI is InChI=1S/3C6H8O2.H3N/c3*1-2-3-4-5-6(7)8;/h3*2-5H,1H3,(H,7,8);1H3. The molecule has 0 radical (unpaired) electrons. The van der Waals surface area contributed by atoms with Crippen LogP contribution in [0.4, 0.5) is 0 Å². The fraction of sp³-hybridized carbons (Fsp3) is 0.167. The van der Waals surface area contributed by atoms with Gasteiger partial charge in [0.25, 0.3) is 0 Å². The van der Waals surface area contributed by atoms with Crippen LogP contribution in [-0.2, 0) is 14.4 Å². The van der Waals surface area contributed by atoms with E-state index < -0.39 is 17.9 Å². The van der Waals surface area contributed by atoms with Crippen LogP contribution in [0.15, 0.2) is 72.9 Å². The average Bonchev–Trinajstić information content (AvgIpc) is 2.48. The Morgan fingerprint density at radius 1 is 0.520 bits per heavy atom. The third-order valence-electron chi connectivity index (χ3n) is 1.63. The van der Waals surface area contributed by atoms with Gasteiger partial charge in [0, 0.05) is 18.2 Å². The summed E-state index contributed by atoms with van der Waals surface area (Å²) in [5, 5.41) is 24.1. The summed E-state index contributed by atoms with van der Waals surface area (Å²) in [5.74, 6) is -2.74. The maximum atomic E-state index is 9.75. The van der Waals surface area contributed by atoms with Crippen molar-refractivity contribution >= 4 is 17.9 Å². The number of carboxylic acids is 3. The molecule has 0 saturated heterocycles. The molecule has 0 amide bonds. The number of carboxylic acid groups (broad SMARTS) is 3. The quantitative estimate of drug-likeness (QED) is 0.419. The molecule has 0 atom stereocenters. The molecule has 0 aromatic heterocycles. The number of hydrogen-bond acceptors (Lipinski definition) is 4. The van der Waals surface area contributed by atoms with Crippen LogP contribution in [0.25, 0.3) is 0 Å². The smallest absolute Gasteiger partial charge is 0.328 e. The number of carbonyl (C=O) groups is 3. The Bertz CT molecular complexity index is 450. The van der Waals surface area contributed by atoms with Crippen molar-refractivity contribution in [1.29, 1.82) is 0 Å². The van der Waals surface area contributed by atoms with Crippen molar-refractivity contribution in [3.05, 3.63) is 72.9 Å². The summed E-state index contributed by atoms with van der Waals surface area (Å²) in [6.07, 6.45) is 17.9. The van der Waals surface area contributed by atoms with E-state index in [1.165, 1.54) is 18.2 Å². The highest BCUT2D eigenvalue weighted by atomic mass is 16.4. The molecule has 0 saturated carbocycles. The van der Waals surface area contributed by atoms with Gasteiger partial charge in [0.15, 0.2) is 0 Å². The Hall–Kier alpha value is -3.19. The van der Waals surface area contributed by atoms with Gasteiger partial charge in [0.2, 0.25) is 0 Å². The number of allylic oxidation sites excluding steroid dienone is 9. The summed E-state index contributed by atoms with van der Waals surface area (Å²) < 4.78 is 0. The van der Waals surface area contributed by atoms with Crippen molar-refractivity contribution < 1.29 is 29.7 Å². The largest absolute Gasteiger partial charge is 0.478 e. The molecular weight excluding hydrogens is 326 g/mol. The second kappa shape index (κ2) is 25.7. The summed E-state index contributed by atoms with van der Waals surface area (Å²) in [6, 6.07) is 0. The van der Waals surface area contributed by atoms with E-state index in [4.69, 9.17) is 15.3 Å². The first-order valence-corrected chi connectivity index (χ1v) is 6.88. The summed E-state index contributed by atoms with van der Waals surface area (Å²) in [7, 11) is 0. The van der Waals surface area contributed by atoms with Crippen molar-refractivity contribution in [2.24, 2.45) is 0 Å². The molecule has 0 aliphatic rings. The molecule has 0 aliphatic heterocycles. The second-order valence-electron chi connectivity index (χ2n) is 3.67. The maximum absolute atomic E-state index is 9.75. The first-order chi connectivity index (χ1) is 11.3. The van der Waals surface area contributed by atoms with E-state index in [0.29, 0.717) is 0 Å². The summed E-state index contributed by atoms with van der Waals surface area (Å²) >= 11 is 0. The van der Waals surface area contributed by atoms with Crippen molar-refractivity contribution in [2.45, 2.75) is 20.8 Å². The Labute approximate surface area is 148 Å². The van der Waals surface area contributed by atoms with Crippen molar-refractivity contribution in [1.82, 2.24) is 6.15 Å². The van der Waals surface area contributed by atoms with Crippen LogP contribution in [0.5, 0.6) is 0 Å². The zero-order valence-electron chi connectivity index (χ0n) is 14.7. The fourth-order valence-electron chi connectivity index (χ4n) is 0.747. The lowest BCUT2D eigenvalue weighted by Crippen LogP contribution is -1.83. The van der Waals surface area contributed by atoms with Crippen LogP contribution in [0.1, 0.15) is 20.8 Å². The average molecular weight is 353 g/mol. The molecular formula is C18H27NO6. The van der Waals surface area contributed by atoms with Crippen LogP contribution in [-0.4, -0.2) is 33.2 Å². The molecule has 0 heterocycles. The molecule has 0 bridgehead atoms. The van der Waals surface area contributed by atoms with E-state index in [-0.39, 0.29) is 6.15 Å². The maximum Gasteiger partial charge on any atom is 0.328 e. The predicted molar refractivity (Wildman–Crippen MR) is 99.8 cm³/mol. The van der Waals surface area contributed by atoms with Gasteiger partial charge in [-0.3, -0.25) is 0 Å². The van der Waals surface area contributed by atoms with Gasteiger partial charge in [-0.05, 0) is 20.8 Å². The zero-order chi connectivity index (χ0) is 19.2.